The van der Waals surface area contributed by atoms with Crippen molar-refractivity contribution in [2.45, 2.75) is 19.3 Å². The number of hydrogen-bond acceptors (Lipinski definition) is 2. The quantitative estimate of drug-likeness (QED) is 0.764. The number of fused-ring (bicyclic) bond motifs is 1. The van der Waals surface area contributed by atoms with Crippen molar-refractivity contribution in [1.29, 1.82) is 0 Å². The molecular weight excluding hydrogens is 310 g/mol. The van der Waals surface area contributed by atoms with Crippen LogP contribution in [0.5, 0.6) is 0 Å². The van der Waals surface area contributed by atoms with Gasteiger partial charge in [-0.15, -0.1) is 0 Å². The zero-order valence-corrected chi connectivity index (χ0v) is 14.2. The lowest BCUT2D eigenvalue weighted by molar-refractivity contribution is 0.0996. The van der Waals surface area contributed by atoms with Crippen LogP contribution in [-0.4, -0.2) is 24.0 Å². The molecule has 1 amide bonds. The Morgan fingerprint density at radius 1 is 1.08 bits per heavy atom. The van der Waals surface area contributed by atoms with Crippen LogP contribution in [0.2, 0.25) is 0 Å². The molecule has 2 heterocycles. The van der Waals surface area contributed by atoms with E-state index in [0.29, 0.717) is 5.69 Å². The summed E-state index contributed by atoms with van der Waals surface area (Å²) in [4.78, 5) is 16.8. The first-order valence-electron chi connectivity index (χ1n) is 8.90. The third-order valence-corrected chi connectivity index (χ3v) is 5.22. The summed E-state index contributed by atoms with van der Waals surface area (Å²) in [5, 5.41) is 1.04. The molecule has 128 valence electrons. The molecule has 0 radical (unpaired) electrons. The Morgan fingerprint density at radius 3 is 2.56 bits per heavy atom. The van der Waals surface area contributed by atoms with Crippen molar-refractivity contribution >= 4 is 22.5 Å². The number of rotatable bonds is 4. The molecular formula is C21H23N3O. The lowest BCUT2D eigenvalue weighted by atomic mass is 9.90. The van der Waals surface area contributed by atoms with Crippen molar-refractivity contribution in [3.05, 3.63) is 65.9 Å². The van der Waals surface area contributed by atoms with Crippen LogP contribution in [0.4, 0.5) is 5.69 Å². The van der Waals surface area contributed by atoms with Crippen LogP contribution in [0.3, 0.4) is 0 Å². The number of amides is 1. The van der Waals surface area contributed by atoms with Crippen LogP contribution in [0.25, 0.3) is 10.9 Å². The maximum atomic E-state index is 11.3. The first-order chi connectivity index (χ1) is 12.2. The van der Waals surface area contributed by atoms with E-state index >= 15 is 0 Å². The van der Waals surface area contributed by atoms with Gasteiger partial charge in [-0.1, -0.05) is 30.3 Å². The number of benzene rings is 2. The van der Waals surface area contributed by atoms with E-state index in [1.807, 2.05) is 12.1 Å². The lowest BCUT2D eigenvalue weighted by Gasteiger charge is -2.33. The van der Waals surface area contributed by atoms with Gasteiger partial charge in [0.15, 0.2) is 0 Å². The molecule has 3 N–H and O–H groups in total. The first-order valence-corrected chi connectivity index (χ1v) is 8.90. The second kappa shape index (κ2) is 6.63. The predicted octanol–water partition coefficient (Wildman–Crippen LogP) is 3.73. The SMILES string of the molecule is NC(=O)c1cc2cc(N3CCC(Cc4ccccc4)CC3)ccc2[nH]1. The Bertz CT molecular complexity index is 877. The average Bonchev–Trinajstić information content (AvgIpc) is 3.07. The predicted molar refractivity (Wildman–Crippen MR) is 102 cm³/mol. The number of nitrogens with zero attached hydrogens (tertiary/aromatic N) is 1. The highest BCUT2D eigenvalue weighted by molar-refractivity contribution is 5.97. The molecule has 1 fully saturated rings. The van der Waals surface area contributed by atoms with Gasteiger partial charge in [0.25, 0.3) is 5.91 Å². The Morgan fingerprint density at radius 2 is 1.84 bits per heavy atom. The molecule has 1 aromatic heterocycles. The highest BCUT2D eigenvalue weighted by Gasteiger charge is 2.20. The summed E-state index contributed by atoms with van der Waals surface area (Å²) in [7, 11) is 0. The first kappa shape index (κ1) is 15.8. The van der Waals surface area contributed by atoms with Crippen molar-refractivity contribution in [3.63, 3.8) is 0 Å². The van der Waals surface area contributed by atoms with Crippen LogP contribution in [-0.2, 0) is 6.42 Å². The van der Waals surface area contributed by atoms with Crippen LogP contribution in [0, 0.1) is 5.92 Å². The minimum absolute atomic E-state index is 0.417. The number of primary amides is 1. The summed E-state index contributed by atoms with van der Waals surface area (Å²) in [5.41, 5.74) is 9.44. The summed E-state index contributed by atoms with van der Waals surface area (Å²) in [6.07, 6.45) is 3.60. The molecule has 0 atom stereocenters. The zero-order chi connectivity index (χ0) is 17.2. The van der Waals surface area contributed by atoms with Crippen molar-refractivity contribution in [1.82, 2.24) is 4.98 Å². The third kappa shape index (κ3) is 3.38. The van der Waals surface area contributed by atoms with Gasteiger partial charge in [-0.3, -0.25) is 4.79 Å². The van der Waals surface area contributed by atoms with Gasteiger partial charge in [0.05, 0.1) is 0 Å². The van der Waals surface area contributed by atoms with E-state index in [1.165, 1.54) is 30.5 Å². The van der Waals surface area contributed by atoms with E-state index < -0.39 is 5.91 Å². The fraction of sp³-hybridized carbons (Fsp3) is 0.286. The van der Waals surface area contributed by atoms with Gasteiger partial charge < -0.3 is 15.6 Å². The number of piperidine rings is 1. The van der Waals surface area contributed by atoms with Crippen LogP contribution in [0.1, 0.15) is 28.9 Å². The van der Waals surface area contributed by atoms with Crippen LogP contribution >= 0.6 is 0 Å². The zero-order valence-electron chi connectivity index (χ0n) is 14.2. The summed E-state index contributed by atoms with van der Waals surface area (Å²) in [5.74, 6) is 0.343. The highest BCUT2D eigenvalue weighted by Crippen LogP contribution is 2.28. The number of nitrogens with two attached hydrogens (primary N) is 1. The van der Waals surface area contributed by atoms with Gasteiger partial charge >= 0.3 is 0 Å². The number of carbonyl (C=O) groups excluding carboxylic acids is 1. The summed E-state index contributed by atoms with van der Waals surface area (Å²) < 4.78 is 0. The molecule has 0 saturated carbocycles. The minimum atomic E-state index is -0.417. The smallest absolute Gasteiger partial charge is 0.265 e. The van der Waals surface area contributed by atoms with Crippen LogP contribution < -0.4 is 10.6 Å². The summed E-state index contributed by atoms with van der Waals surface area (Å²) in [6, 6.07) is 18.9. The maximum Gasteiger partial charge on any atom is 0.265 e. The van der Waals surface area contributed by atoms with E-state index in [-0.39, 0.29) is 0 Å². The molecule has 1 aliphatic rings. The van der Waals surface area contributed by atoms with E-state index in [9.17, 15) is 4.79 Å². The van der Waals surface area contributed by atoms with Crippen molar-refractivity contribution in [2.24, 2.45) is 11.7 Å². The molecule has 25 heavy (non-hydrogen) atoms. The van der Waals surface area contributed by atoms with Crippen LogP contribution in [0.15, 0.2) is 54.6 Å². The number of hydrogen-bond donors (Lipinski definition) is 2. The summed E-state index contributed by atoms with van der Waals surface area (Å²) >= 11 is 0. The number of anilines is 1. The molecule has 2 aromatic carbocycles. The highest BCUT2D eigenvalue weighted by atomic mass is 16.1. The van der Waals surface area contributed by atoms with Gasteiger partial charge in [0.1, 0.15) is 5.69 Å². The third-order valence-electron chi connectivity index (χ3n) is 5.22. The Balaban J connectivity index is 1.43. The molecule has 1 aliphatic heterocycles. The average molecular weight is 333 g/mol. The van der Waals surface area contributed by atoms with Crippen molar-refractivity contribution < 1.29 is 4.79 Å². The Labute approximate surface area is 147 Å². The van der Waals surface area contributed by atoms with E-state index in [2.05, 4.69) is 52.3 Å². The second-order valence-electron chi connectivity index (χ2n) is 6.94. The summed E-state index contributed by atoms with van der Waals surface area (Å²) in [6.45, 7) is 2.16. The molecule has 0 aliphatic carbocycles. The van der Waals surface area contributed by atoms with Gasteiger partial charge in [-0.2, -0.15) is 0 Å². The molecule has 1 saturated heterocycles. The number of carbonyl (C=O) groups is 1. The van der Waals surface area contributed by atoms with E-state index in [0.717, 1.165) is 29.9 Å². The molecule has 0 spiro atoms. The topological polar surface area (TPSA) is 62.1 Å². The molecule has 0 unspecified atom stereocenters. The number of aromatic amines is 1. The number of nitrogens with one attached hydrogen (secondary N) is 1. The maximum absolute atomic E-state index is 11.3. The number of aromatic nitrogens is 1. The van der Waals surface area contributed by atoms with E-state index in [1.54, 1.807) is 0 Å². The molecule has 3 aromatic rings. The molecule has 4 nitrogen and oxygen atoms in total. The fourth-order valence-electron chi connectivity index (χ4n) is 3.79. The largest absolute Gasteiger partial charge is 0.371 e. The Kier molecular flexibility index (Phi) is 4.18. The normalized spacial score (nSPS) is 15.6. The fourth-order valence-corrected chi connectivity index (χ4v) is 3.79. The van der Waals surface area contributed by atoms with Crippen molar-refractivity contribution in [2.75, 3.05) is 18.0 Å². The molecule has 4 rings (SSSR count). The lowest BCUT2D eigenvalue weighted by Crippen LogP contribution is -2.34. The monoisotopic (exact) mass is 333 g/mol. The second-order valence-corrected chi connectivity index (χ2v) is 6.94. The van der Waals surface area contributed by atoms with Crippen molar-refractivity contribution in [3.8, 4) is 0 Å². The van der Waals surface area contributed by atoms with E-state index in [4.69, 9.17) is 5.73 Å². The van der Waals surface area contributed by atoms with Gasteiger partial charge in [0, 0.05) is 29.7 Å². The molecule has 4 heteroatoms. The minimum Gasteiger partial charge on any atom is -0.371 e. The van der Waals surface area contributed by atoms with Gasteiger partial charge in [-0.05, 0) is 55.0 Å². The van der Waals surface area contributed by atoms with Gasteiger partial charge in [0.2, 0.25) is 0 Å². The van der Waals surface area contributed by atoms with Gasteiger partial charge in [-0.25, -0.2) is 0 Å². The number of H-pyrrole nitrogens is 1. The molecule has 0 bridgehead atoms. The standard InChI is InChI=1S/C21H23N3O/c22-21(25)20-14-17-13-18(6-7-19(17)23-20)24-10-8-16(9-11-24)12-15-4-2-1-3-5-15/h1-7,13-14,16,23H,8-12H2,(H2,22,25). The Hall–Kier alpha value is -2.75.